The van der Waals surface area contributed by atoms with Gasteiger partial charge < -0.3 is 11.1 Å². The first-order valence-electron chi connectivity index (χ1n) is 10.2. The maximum atomic E-state index is 6.35. The van der Waals surface area contributed by atoms with E-state index in [0.29, 0.717) is 6.54 Å². The van der Waals surface area contributed by atoms with Crippen LogP contribution in [0.25, 0.3) is 21.5 Å². The summed E-state index contributed by atoms with van der Waals surface area (Å²) in [7, 11) is 0. The average molecular weight is 421 g/mol. The molecule has 0 spiro atoms. The van der Waals surface area contributed by atoms with Crippen LogP contribution in [0.1, 0.15) is 37.6 Å². The quantitative estimate of drug-likeness (QED) is 0.421. The number of nitrogens with one attached hydrogen (secondary N) is 2. The molecule has 0 aliphatic rings. The molecular weight excluding hydrogens is 392 g/mol. The van der Waals surface area contributed by atoms with Gasteiger partial charge in [0.15, 0.2) is 0 Å². The maximum absolute atomic E-state index is 6.35. The van der Waals surface area contributed by atoms with Crippen molar-refractivity contribution in [3.8, 4) is 10.6 Å². The summed E-state index contributed by atoms with van der Waals surface area (Å²) in [5.41, 5.74) is 12.1. The van der Waals surface area contributed by atoms with E-state index in [2.05, 4.69) is 76.8 Å². The molecule has 156 valence electrons. The highest BCUT2D eigenvalue weighted by Crippen LogP contribution is 2.29. The van der Waals surface area contributed by atoms with Crippen LogP contribution in [-0.4, -0.2) is 33.0 Å². The zero-order valence-corrected chi connectivity index (χ0v) is 18.7. The summed E-state index contributed by atoms with van der Waals surface area (Å²) < 4.78 is 0. The summed E-state index contributed by atoms with van der Waals surface area (Å²) in [6.07, 6.45) is 0.819. The van der Waals surface area contributed by atoms with Crippen molar-refractivity contribution in [2.75, 3.05) is 11.9 Å². The van der Waals surface area contributed by atoms with E-state index < -0.39 is 0 Å². The van der Waals surface area contributed by atoms with Gasteiger partial charge in [0, 0.05) is 23.5 Å². The SMILES string of the molecule is Cc1n[nH]c2ccc(-c3nnc(NC[C@@H](N)Cc4ccc(C(C)(C)C)cc4)s3)cc12. The van der Waals surface area contributed by atoms with E-state index in [-0.39, 0.29) is 11.5 Å². The Kier molecular flexibility index (Phi) is 5.58. The van der Waals surface area contributed by atoms with Gasteiger partial charge in [0.2, 0.25) is 5.13 Å². The van der Waals surface area contributed by atoms with Crippen LogP contribution in [0.5, 0.6) is 0 Å². The molecule has 0 saturated carbocycles. The molecule has 0 fully saturated rings. The lowest BCUT2D eigenvalue weighted by Crippen LogP contribution is -2.31. The van der Waals surface area contributed by atoms with Crippen molar-refractivity contribution in [1.29, 1.82) is 0 Å². The number of hydrogen-bond acceptors (Lipinski definition) is 6. The lowest BCUT2D eigenvalue weighted by atomic mass is 9.86. The molecule has 1 atom stereocenters. The molecule has 0 amide bonds. The van der Waals surface area contributed by atoms with Gasteiger partial charge in [-0.25, -0.2) is 0 Å². The first-order chi connectivity index (χ1) is 14.3. The minimum absolute atomic E-state index is 0.00256. The Hall–Kier alpha value is -2.77. The van der Waals surface area contributed by atoms with E-state index in [4.69, 9.17) is 5.73 Å². The number of H-pyrrole nitrogens is 1. The van der Waals surface area contributed by atoms with Gasteiger partial charge in [-0.15, -0.1) is 10.2 Å². The van der Waals surface area contributed by atoms with Gasteiger partial charge in [-0.05, 0) is 48.1 Å². The van der Waals surface area contributed by atoms with Gasteiger partial charge in [0.25, 0.3) is 0 Å². The molecule has 4 aromatic rings. The lowest BCUT2D eigenvalue weighted by molar-refractivity contribution is 0.589. The monoisotopic (exact) mass is 420 g/mol. The normalized spacial score (nSPS) is 13.0. The third kappa shape index (κ3) is 4.52. The van der Waals surface area contributed by atoms with E-state index in [1.807, 2.05) is 19.1 Å². The molecule has 30 heavy (non-hydrogen) atoms. The van der Waals surface area contributed by atoms with Crippen molar-refractivity contribution in [3.63, 3.8) is 0 Å². The topological polar surface area (TPSA) is 92.5 Å². The van der Waals surface area contributed by atoms with Crippen molar-refractivity contribution in [2.24, 2.45) is 5.73 Å². The number of benzene rings is 2. The average Bonchev–Trinajstić information content (AvgIpc) is 3.33. The van der Waals surface area contributed by atoms with Crippen LogP contribution in [0.2, 0.25) is 0 Å². The Bertz CT molecular complexity index is 1140. The van der Waals surface area contributed by atoms with Crippen molar-refractivity contribution in [2.45, 2.75) is 45.6 Å². The smallest absolute Gasteiger partial charge is 0.206 e. The Morgan fingerprint density at radius 2 is 1.87 bits per heavy atom. The Morgan fingerprint density at radius 1 is 1.10 bits per heavy atom. The van der Waals surface area contributed by atoms with Crippen LogP contribution in [-0.2, 0) is 11.8 Å². The van der Waals surface area contributed by atoms with Crippen LogP contribution >= 0.6 is 11.3 Å². The van der Waals surface area contributed by atoms with E-state index in [9.17, 15) is 0 Å². The third-order valence-electron chi connectivity index (χ3n) is 5.26. The summed E-state index contributed by atoms with van der Waals surface area (Å²) in [6.45, 7) is 9.32. The molecule has 6 nitrogen and oxygen atoms in total. The highest BCUT2D eigenvalue weighted by Gasteiger charge is 2.14. The first kappa shape index (κ1) is 20.5. The molecule has 4 N–H and O–H groups in total. The molecule has 0 aliphatic heterocycles. The molecule has 2 heterocycles. The fourth-order valence-corrected chi connectivity index (χ4v) is 4.17. The van der Waals surface area contributed by atoms with Gasteiger partial charge in [-0.2, -0.15) is 5.10 Å². The van der Waals surface area contributed by atoms with Crippen molar-refractivity contribution >= 4 is 27.4 Å². The fourth-order valence-electron chi connectivity index (χ4n) is 3.42. The predicted octanol–water partition coefficient (Wildman–Crippen LogP) is 4.67. The molecule has 0 bridgehead atoms. The van der Waals surface area contributed by atoms with Gasteiger partial charge in [-0.1, -0.05) is 56.4 Å². The summed E-state index contributed by atoms with van der Waals surface area (Å²) in [6, 6.07) is 14.9. The van der Waals surface area contributed by atoms with Crippen LogP contribution in [0, 0.1) is 6.92 Å². The number of rotatable bonds is 6. The van der Waals surface area contributed by atoms with Gasteiger partial charge >= 0.3 is 0 Å². The van der Waals surface area contributed by atoms with Crippen molar-refractivity contribution in [1.82, 2.24) is 20.4 Å². The van der Waals surface area contributed by atoms with Crippen LogP contribution < -0.4 is 11.1 Å². The number of anilines is 1. The first-order valence-corrected chi connectivity index (χ1v) is 11.0. The number of nitrogens with zero attached hydrogens (tertiary/aromatic N) is 3. The lowest BCUT2D eigenvalue weighted by Gasteiger charge is -2.19. The molecule has 0 saturated heterocycles. The minimum atomic E-state index is 0.00256. The highest BCUT2D eigenvalue weighted by molar-refractivity contribution is 7.18. The van der Waals surface area contributed by atoms with E-state index in [0.717, 1.165) is 38.7 Å². The van der Waals surface area contributed by atoms with Crippen LogP contribution in [0.3, 0.4) is 0 Å². The molecule has 2 aromatic heterocycles. The van der Waals surface area contributed by atoms with Gasteiger partial charge in [-0.3, -0.25) is 5.10 Å². The number of nitrogens with two attached hydrogens (primary N) is 1. The molecule has 4 rings (SSSR count). The predicted molar refractivity (Wildman–Crippen MR) is 125 cm³/mol. The summed E-state index contributed by atoms with van der Waals surface area (Å²) in [4.78, 5) is 0. The Labute approximate surface area is 180 Å². The molecule has 0 aliphatic carbocycles. The molecule has 7 heteroatoms. The number of fused-ring (bicyclic) bond motifs is 1. The summed E-state index contributed by atoms with van der Waals surface area (Å²) in [5, 5.41) is 22.0. The van der Waals surface area contributed by atoms with E-state index in [1.54, 1.807) is 0 Å². The standard InChI is InChI=1S/C23H28N6S/c1-14-19-12-16(7-10-20(19)27-26-14)21-28-29-22(30-21)25-13-18(24)11-15-5-8-17(9-6-15)23(2,3)4/h5-10,12,18H,11,13,24H2,1-4H3,(H,25,29)(H,26,27)/t18-/m0/s1. The maximum Gasteiger partial charge on any atom is 0.206 e. The summed E-state index contributed by atoms with van der Waals surface area (Å²) >= 11 is 1.54. The van der Waals surface area contributed by atoms with E-state index >= 15 is 0 Å². The molecule has 0 unspecified atom stereocenters. The second kappa shape index (κ2) is 8.16. The fraction of sp³-hybridized carbons (Fsp3) is 0.348. The molecule has 2 aromatic carbocycles. The van der Waals surface area contributed by atoms with Crippen LogP contribution in [0.15, 0.2) is 42.5 Å². The molecular formula is C23H28N6S. The van der Waals surface area contributed by atoms with Crippen molar-refractivity contribution in [3.05, 3.63) is 59.3 Å². The number of aromatic nitrogens is 4. The zero-order valence-electron chi connectivity index (χ0n) is 17.9. The van der Waals surface area contributed by atoms with Crippen LogP contribution in [0.4, 0.5) is 5.13 Å². The highest BCUT2D eigenvalue weighted by atomic mass is 32.1. The van der Waals surface area contributed by atoms with Crippen molar-refractivity contribution < 1.29 is 0 Å². The second-order valence-electron chi connectivity index (χ2n) is 8.77. The summed E-state index contributed by atoms with van der Waals surface area (Å²) in [5.74, 6) is 0. The largest absolute Gasteiger partial charge is 0.359 e. The minimum Gasteiger partial charge on any atom is -0.359 e. The Morgan fingerprint density at radius 3 is 2.60 bits per heavy atom. The van der Waals surface area contributed by atoms with Gasteiger partial charge in [0.05, 0.1) is 11.2 Å². The molecule has 0 radical (unpaired) electrons. The number of aryl methyl sites for hydroxylation is 1. The number of hydrogen-bond donors (Lipinski definition) is 3. The number of aromatic amines is 1. The third-order valence-corrected chi connectivity index (χ3v) is 6.19. The second-order valence-corrected chi connectivity index (χ2v) is 9.75. The van der Waals surface area contributed by atoms with Gasteiger partial charge in [0.1, 0.15) is 5.01 Å². The Balaban J connectivity index is 1.36. The van der Waals surface area contributed by atoms with E-state index in [1.165, 1.54) is 22.5 Å². The zero-order chi connectivity index (χ0) is 21.3.